The fourth-order valence-electron chi connectivity index (χ4n) is 0.894. The quantitative estimate of drug-likeness (QED) is 0.566. The van der Waals surface area contributed by atoms with Crippen molar-refractivity contribution < 1.29 is 0 Å². The molecule has 0 radical (unpaired) electrons. The second-order valence-corrected chi connectivity index (χ2v) is 4.17. The maximum atomic E-state index is 5.58. The minimum Gasteiger partial charge on any atom is -0.329 e. The summed E-state index contributed by atoms with van der Waals surface area (Å²) >= 11 is 0. The van der Waals surface area contributed by atoms with Gasteiger partial charge in [-0.15, -0.1) is 0 Å². The van der Waals surface area contributed by atoms with E-state index in [1.54, 1.807) is 0 Å². The summed E-state index contributed by atoms with van der Waals surface area (Å²) in [5.74, 6) is 0. The van der Waals surface area contributed by atoms with Crippen LogP contribution in [0.25, 0.3) is 0 Å². The summed E-state index contributed by atoms with van der Waals surface area (Å²) in [6.45, 7) is 7.12. The lowest BCUT2D eigenvalue weighted by Crippen LogP contribution is -2.46. The van der Waals surface area contributed by atoms with Crippen molar-refractivity contribution in [3.63, 3.8) is 0 Å². The summed E-state index contributed by atoms with van der Waals surface area (Å²) in [5, 5.41) is 3.41. The molecule has 3 N–H and O–H groups in total. The summed E-state index contributed by atoms with van der Waals surface area (Å²) in [4.78, 5) is 2.19. The van der Waals surface area contributed by atoms with Crippen molar-refractivity contribution in [3.8, 4) is 0 Å². The fraction of sp³-hybridized carbons (Fsp3) is 1.00. The normalized spacial score (nSPS) is 12.5. The van der Waals surface area contributed by atoms with E-state index in [1.807, 2.05) is 0 Å². The molecule has 0 rings (SSSR count). The van der Waals surface area contributed by atoms with E-state index in [9.17, 15) is 0 Å². The van der Waals surface area contributed by atoms with Gasteiger partial charge in [0.25, 0.3) is 0 Å². The van der Waals surface area contributed by atoms with Gasteiger partial charge in [0.15, 0.2) is 0 Å². The van der Waals surface area contributed by atoms with Crippen LogP contribution in [0.3, 0.4) is 0 Å². The van der Waals surface area contributed by atoms with Gasteiger partial charge in [0.05, 0.1) is 0 Å². The first-order chi connectivity index (χ1) is 5.48. The van der Waals surface area contributed by atoms with Crippen molar-refractivity contribution in [2.45, 2.75) is 25.8 Å². The molecular weight excluding hydrogens is 150 g/mol. The van der Waals surface area contributed by atoms with Gasteiger partial charge >= 0.3 is 0 Å². The van der Waals surface area contributed by atoms with Crippen LogP contribution >= 0.6 is 0 Å². The number of nitrogens with zero attached hydrogens (tertiary/aromatic N) is 1. The first kappa shape index (κ1) is 11.9. The SMILES string of the molecule is CN(C)CCCNC(C)(C)CN. The van der Waals surface area contributed by atoms with Crippen LogP contribution in [0.5, 0.6) is 0 Å². The Morgan fingerprint density at radius 3 is 2.33 bits per heavy atom. The number of rotatable bonds is 6. The molecule has 0 aromatic carbocycles. The molecule has 0 heterocycles. The number of hydrogen-bond donors (Lipinski definition) is 2. The molecule has 12 heavy (non-hydrogen) atoms. The third kappa shape index (κ3) is 6.58. The van der Waals surface area contributed by atoms with E-state index >= 15 is 0 Å². The van der Waals surface area contributed by atoms with Gasteiger partial charge in [0, 0.05) is 12.1 Å². The van der Waals surface area contributed by atoms with Crippen molar-refractivity contribution in [2.75, 3.05) is 33.7 Å². The number of nitrogens with two attached hydrogens (primary N) is 1. The van der Waals surface area contributed by atoms with Crippen LogP contribution in [-0.2, 0) is 0 Å². The van der Waals surface area contributed by atoms with E-state index in [1.165, 1.54) is 6.42 Å². The lowest BCUT2D eigenvalue weighted by molar-refractivity contribution is 0.356. The molecule has 3 heteroatoms. The predicted molar refractivity (Wildman–Crippen MR) is 54.3 cm³/mol. The zero-order valence-corrected chi connectivity index (χ0v) is 8.85. The first-order valence-electron chi connectivity index (χ1n) is 4.58. The molecular formula is C9H23N3. The summed E-state index contributed by atoms with van der Waals surface area (Å²) in [6.07, 6.45) is 1.18. The summed E-state index contributed by atoms with van der Waals surface area (Å²) < 4.78 is 0. The van der Waals surface area contributed by atoms with E-state index in [4.69, 9.17) is 5.73 Å². The van der Waals surface area contributed by atoms with Crippen LogP contribution < -0.4 is 11.1 Å². The molecule has 0 aliphatic carbocycles. The predicted octanol–water partition coefficient (Wildman–Crippen LogP) is 0.265. The molecule has 0 aromatic heterocycles. The maximum absolute atomic E-state index is 5.58. The topological polar surface area (TPSA) is 41.3 Å². The summed E-state index contributed by atoms with van der Waals surface area (Å²) in [5.41, 5.74) is 5.66. The summed E-state index contributed by atoms with van der Waals surface area (Å²) in [6, 6.07) is 0. The highest BCUT2D eigenvalue weighted by atomic mass is 15.1. The molecule has 0 bridgehead atoms. The Balaban J connectivity index is 3.31. The monoisotopic (exact) mass is 173 g/mol. The van der Waals surface area contributed by atoms with Crippen molar-refractivity contribution in [2.24, 2.45) is 5.73 Å². The standard InChI is InChI=1S/C9H23N3/c1-9(2,8-10)11-6-5-7-12(3)4/h11H,5-8,10H2,1-4H3. The number of nitrogens with one attached hydrogen (secondary N) is 1. The molecule has 0 aliphatic heterocycles. The molecule has 0 aromatic rings. The van der Waals surface area contributed by atoms with E-state index in [-0.39, 0.29) is 5.54 Å². The fourth-order valence-corrected chi connectivity index (χ4v) is 0.894. The van der Waals surface area contributed by atoms with Gasteiger partial charge in [-0.3, -0.25) is 0 Å². The first-order valence-corrected chi connectivity index (χ1v) is 4.58. The molecule has 0 fully saturated rings. The molecule has 74 valence electrons. The molecule has 0 aliphatic rings. The minimum absolute atomic E-state index is 0.0896. The van der Waals surface area contributed by atoms with Crippen molar-refractivity contribution in [1.82, 2.24) is 10.2 Å². The maximum Gasteiger partial charge on any atom is 0.0247 e. The van der Waals surface area contributed by atoms with Gasteiger partial charge in [-0.2, -0.15) is 0 Å². The van der Waals surface area contributed by atoms with E-state index < -0.39 is 0 Å². The third-order valence-corrected chi connectivity index (χ3v) is 1.90. The second kappa shape index (κ2) is 5.51. The van der Waals surface area contributed by atoms with Gasteiger partial charge < -0.3 is 16.0 Å². The smallest absolute Gasteiger partial charge is 0.0247 e. The van der Waals surface area contributed by atoms with Gasteiger partial charge in [-0.25, -0.2) is 0 Å². The van der Waals surface area contributed by atoms with Crippen molar-refractivity contribution in [1.29, 1.82) is 0 Å². The largest absolute Gasteiger partial charge is 0.329 e. The molecule has 0 amide bonds. The summed E-state index contributed by atoms with van der Waals surface area (Å²) in [7, 11) is 4.18. The molecule has 0 unspecified atom stereocenters. The molecule has 0 saturated carbocycles. The van der Waals surface area contributed by atoms with Gasteiger partial charge in [0.2, 0.25) is 0 Å². The highest BCUT2D eigenvalue weighted by Crippen LogP contribution is 1.97. The average Bonchev–Trinajstić information content (AvgIpc) is 1.98. The molecule has 0 atom stereocenters. The molecule has 3 nitrogen and oxygen atoms in total. The Labute approximate surface area is 76.3 Å². The van der Waals surface area contributed by atoms with E-state index in [0.717, 1.165) is 13.1 Å². The minimum atomic E-state index is 0.0896. The van der Waals surface area contributed by atoms with Gasteiger partial charge in [0.1, 0.15) is 0 Å². The zero-order chi connectivity index (χ0) is 9.61. The van der Waals surface area contributed by atoms with Crippen LogP contribution in [0.2, 0.25) is 0 Å². The Hall–Kier alpha value is -0.120. The lowest BCUT2D eigenvalue weighted by atomic mass is 10.1. The third-order valence-electron chi connectivity index (χ3n) is 1.90. The second-order valence-electron chi connectivity index (χ2n) is 4.17. The zero-order valence-electron chi connectivity index (χ0n) is 8.85. The highest BCUT2D eigenvalue weighted by molar-refractivity contribution is 4.77. The highest BCUT2D eigenvalue weighted by Gasteiger charge is 2.12. The van der Waals surface area contributed by atoms with Crippen LogP contribution in [0.1, 0.15) is 20.3 Å². The lowest BCUT2D eigenvalue weighted by Gasteiger charge is -2.24. The van der Waals surface area contributed by atoms with Crippen molar-refractivity contribution in [3.05, 3.63) is 0 Å². The van der Waals surface area contributed by atoms with Crippen LogP contribution in [0.15, 0.2) is 0 Å². The van der Waals surface area contributed by atoms with Crippen molar-refractivity contribution >= 4 is 0 Å². The van der Waals surface area contributed by atoms with Crippen LogP contribution in [-0.4, -0.2) is 44.2 Å². The molecule has 0 spiro atoms. The van der Waals surface area contributed by atoms with Crippen LogP contribution in [0, 0.1) is 0 Å². The Morgan fingerprint density at radius 2 is 1.92 bits per heavy atom. The Bertz CT molecular complexity index is 110. The Kier molecular flexibility index (Phi) is 5.46. The molecule has 0 saturated heterocycles. The van der Waals surface area contributed by atoms with E-state index in [2.05, 4.69) is 38.2 Å². The number of hydrogen-bond acceptors (Lipinski definition) is 3. The Morgan fingerprint density at radius 1 is 1.33 bits per heavy atom. The average molecular weight is 173 g/mol. The van der Waals surface area contributed by atoms with E-state index in [0.29, 0.717) is 6.54 Å². The van der Waals surface area contributed by atoms with Crippen LogP contribution in [0.4, 0.5) is 0 Å². The van der Waals surface area contributed by atoms with Gasteiger partial charge in [-0.1, -0.05) is 0 Å². The van der Waals surface area contributed by atoms with Gasteiger partial charge in [-0.05, 0) is 47.5 Å².